The van der Waals surface area contributed by atoms with Crippen LogP contribution in [0.4, 0.5) is 13.2 Å². The first-order valence-electron chi connectivity index (χ1n) is 4.63. The van der Waals surface area contributed by atoms with Gasteiger partial charge in [-0.25, -0.2) is 4.79 Å². The third kappa shape index (κ3) is 1.72. The summed E-state index contributed by atoms with van der Waals surface area (Å²) >= 11 is 0. The maximum atomic E-state index is 12.6. The predicted molar refractivity (Wildman–Crippen MR) is 47.1 cm³/mol. The number of hydrogen-bond acceptors (Lipinski definition) is 3. The highest BCUT2D eigenvalue weighted by atomic mass is 19.4. The molecule has 0 spiro atoms. The van der Waals surface area contributed by atoms with Crippen molar-refractivity contribution in [3.63, 3.8) is 0 Å². The Balaban J connectivity index is 2.73. The quantitative estimate of drug-likeness (QED) is 0.733. The zero-order valence-electron chi connectivity index (χ0n) is 8.02. The molecule has 0 saturated carbocycles. The fraction of sp³-hybridized carbons (Fsp3) is 0.444. The molecule has 86 valence electrons. The van der Waals surface area contributed by atoms with E-state index in [0.717, 1.165) is 0 Å². The predicted octanol–water partition coefficient (Wildman–Crippen LogP) is 1.31. The minimum absolute atomic E-state index is 0.0450. The normalized spacial score (nSPS) is 16.1. The van der Waals surface area contributed by atoms with Gasteiger partial charge in [0.2, 0.25) is 0 Å². The largest absolute Gasteiger partial charge is 0.434 e. The first kappa shape index (κ1) is 10.8. The van der Waals surface area contributed by atoms with Gasteiger partial charge in [0.15, 0.2) is 11.5 Å². The number of aromatic nitrogens is 2. The van der Waals surface area contributed by atoms with Gasteiger partial charge in [0, 0.05) is 12.1 Å². The molecule has 0 aromatic carbocycles. The Labute approximate surface area is 87.5 Å². The summed E-state index contributed by atoms with van der Waals surface area (Å²) in [6, 6.07) is 0. The molecule has 1 aromatic rings. The van der Waals surface area contributed by atoms with Crippen LogP contribution in [0.3, 0.4) is 0 Å². The van der Waals surface area contributed by atoms with E-state index >= 15 is 0 Å². The van der Waals surface area contributed by atoms with E-state index in [-0.39, 0.29) is 18.5 Å². The molecule has 16 heavy (non-hydrogen) atoms. The number of aromatic amines is 1. The number of Topliss-reactive ketones (excluding diaryl/α,β-unsaturated/α-hetero) is 1. The number of rotatable bonds is 0. The Bertz CT molecular complexity index is 504. The van der Waals surface area contributed by atoms with Crippen molar-refractivity contribution < 1.29 is 18.0 Å². The number of carbonyl (C=O) groups is 1. The number of H-pyrrole nitrogens is 1. The molecule has 7 heteroatoms. The van der Waals surface area contributed by atoms with E-state index in [0.29, 0.717) is 6.42 Å². The minimum atomic E-state index is -4.77. The van der Waals surface area contributed by atoms with E-state index in [1.165, 1.54) is 0 Å². The van der Waals surface area contributed by atoms with Crippen molar-refractivity contribution in [2.24, 2.45) is 0 Å². The third-order valence-electron chi connectivity index (χ3n) is 2.39. The molecule has 0 atom stereocenters. The molecular formula is C9H7F3N2O2. The van der Waals surface area contributed by atoms with Crippen LogP contribution in [0.15, 0.2) is 4.79 Å². The van der Waals surface area contributed by atoms with E-state index < -0.39 is 28.9 Å². The lowest BCUT2D eigenvalue weighted by Crippen LogP contribution is -2.28. The molecule has 2 rings (SSSR count). The standard InChI is InChI=1S/C9H7F3N2O2/c10-9(11,12)7-6-4(13-8(16)14-7)2-1-3-5(6)15/h1-3H2,(H,13,14,16). The highest BCUT2D eigenvalue weighted by Gasteiger charge is 2.40. The second kappa shape index (κ2) is 3.43. The molecule has 1 N–H and O–H groups in total. The van der Waals surface area contributed by atoms with E-state index in [1.807, 2.05) is 0 Å². The topological polar surface area (TPSA) is 62.8 Å². The molecule has 0 bridgehead atoms. The van der Waals surface area contributed by atoms with Crippen LogP contribution >= 0.6 is 0 Å². The van der Waals surface area contributed by atoms with Crippen LogP contribution in [0.25, 0.3) is 0 Å². The Morgan fingerprint density at radius 3 is 2.50 bits per heavy atom. The summed E-state index contributed by atoms with van der Waals surface area (Å²) in [5.74, 6) is -0.614. The molecule has 0 fully saturated rings. The number of hydrogen-bond donors (Lipinski definition) is 1. The van der Waals surface area contributed by atoms with Gasteiger partial charge < -0.3 is 4.98 Å². The van der Waals surface area contributed by atoms with Crippen molar-refractivity contribution in [3.8, 4) is 0 Å². The highest BCUT2D eigenvalue weighted by molar-refractivity contribution is 5.99. The Kier molecular flexibility index (Phi) is 2.32. The molecule has 1 aromatic heterocycles. The lowest BCUT2D eigenvalue weighted by atomic mass is 9.93. The van der Waals surface area contributed by atoms with Crippen LogP contribution in [0, 0.1) is 0 Å². The zero-order chi connectivity index (χ0) is 11.9. The van der Waals surface area contributed by atoms with Crippen LogP contribution in [0.1, 0.15) is 34.6 Å². The Morgan fingerprint density at radius 2 is 1.88 bits per heavy atom. The lowest BCUT2D eigenvalue weighted by molar-refractivity contribution is -0.141. The second-order valence-electron chi connectivity index (χ2n) is 3.52. The summed E-state index contributed by atoms with van der Waals surface area (Å²) < 4.78 is 37.7. The number of nitrogens with zero attached hydrogens (tertiary/aromatic N) is 1. The third-order valence-corrected chi connectivity index (χ3v) is 2.39. The van der Waals surface area contributed by atoms with Crippen molar-refractivity contribution >= 4 is 5.78 Å². The average molecular weight is 232 g/mol. The van der Waals surface area contributed by atoms with Gasteiger partial charge in [0.25, 0.3) is 0 Å². The van der Waals surface area contributed by atoms with Gasteiger partial charge in [-0.1, -0.05) is 0 Å². The number of aryl methyl sites for hydroxylation is 1. The molecule has 1 heterocycles. The van der Waals surface area contributed by atoms with Crippen molar-refractivity contribution in [1.82, 2.24) is 9.97 Å². The second-order valence-corrected chi connectivity index (χ2v) is 3.52. The number of nitrogens with one attached hydrogen (secondary N) is 1. The number of fused-ring (bicyclic) bond motifs is 1. The molecule has 0 aliphatic heterocycles. The van der Waals surface area contributed by atoms with Crippen LogP contribution in [0.2, 0.25) is 0 Å². The fourth-order valence-corrected chi connectivity index (χ4v) is 1.76. The SMILES string of the molecule is O=C1CCCc2[nH]c(=O)nc(C(F)(F)F)c21. The maximum Gasteiger partial charge on any atom is 0.434 e. The fourth-order valence-electron chi connectivity index (χ4n) is 1.76. The van der Waals surface area contributed by atoms with Crippen molar-refractivity contribution in [2.45, 2.75) is 25.4 Å². The van der Waals surface area contributed by atoms with Crippen molar-refractivity contribution in [2.75, 3.05) is 0 Å². The summed E-state index contributed by atoms with van der Waals surface area (Å²) in [5.41, 5.74) is -2.86. The number of carbonyl (C=O) groups excluding carboxylic acids is 1. The maximum absolute atomic E-state index is 12.6. The van der Waals surface area contributed by atoms with E-state index in [2.05, 4.69) is 9.97 Å². The zero-order valence-corrected chi connectivity index (χ0v) is 8.02. The van der Waals surface area contributed by atoms with Gasteiger partial charge in [0.05, 0.1) is 5.56 Å². The Hall–Kier alpha value is -1.66. The van der Waals surface area contributed by atoms with Crippen LogP contribution < -0.4 is 5.69 Å². The van der Waals surface area contributed by atoms with Crippen LogP contribution in [0.5, 0.6) is 0 Å². The molecular weight excluding hydrogens is 225 g/mol. The first-order valence-corrected chi connectivity index (χ1v) is 4.63. The summed E-state index contributed by atoms with van der Waals surface area (Å²) in [5, 5.41) is 0. The Morgan fingerprint density at radius 1 is 1.19 bits per heavy atom. The van der Waals surface area contributed by atoms with Gasteiger partial charge in [-0.2, -0.15) is 18.2 Å². The van der Waals surface area contributed by atoms with Crippen molar-refractivity contribution in [1.29, 1.82) is 0 Å². The summed E-state index contributed by atoms with van der Waals surface area (Å²) in [6.45, 7) is 0. The smallest absolute Gasteiger partial charge is 0.309 e. The summed E-state index contributed by atoms with van der Waals surface area (Å²) in [7, 11) is 0. The minimum Gasteiger partial charge on any atom is -0.309 e. The molecule has 0 saturated heterocycles. The first-order chi connectivity index (χ1) is 7.39. The number of ketones is 1. The van der Waals surface area contributed by atoms with Gasteiger partial charge in [-0.15, -0.1) is 0 Å². The molecule has 0 radical (unpaired) electrons. The lowest BCUT2D eigenvalue weighted by Gasteiger charge is -2.17. The number of halogens is 3. The van der Waals surface area contributed by atoms with E-state index in [4.69, 9.17) is 0 Å². The van der Waals surface area contributed by atoms with E-state index in [1.54, 1.807) is 0 Å². The monoisotopic (exact) mass is 232 g/mol. The summed E-state index contributed by atoms with van der Waals surface area (Å²) in [6.07, 6.45) is -4.00. The van der Waals surface area contributed by atoms with E-state index in [9.17, 15) is 22.8 Å². The molecule has 1 aliphatic carbocycles. The highest BCUT2D eigenvalue weighted by Crippen LogP contribution is 2.33. The molecule has 4 nitrogen and oxygen atoms in total. The number of alkyl halides is 3. The van der Waals surface area contributed by atoms with Crippen LogP contribution in [-0.4, -0.2) is 15.8 Å². The summed E-state index contributed by atoms with van der Waals surface area (Å²) in [4.78, 5) is 27.4. The van der Waals surface area contributed by atoms with Gasteiger partial charge >= 0.3 is 11.9 Å². The van der Waals surface area contributed by atoms with Gasteiger partial charge in [-0.3, -0.25) is 4.79 Å². The van der Waals surface area contributed by atoms with Crippen LogP contribution in [-0.2, 0) is 12.6 Å². The van der Waals surface area contributed by atoms with Gasteiger partial charge in [0.1, 0.15) is 0 Å². The van der Waals surface area contributed by atoms with Crippen molar-refractivity contribution in [3.05, 3.63) is 27.4 Å². The van der Waals surface area contributed by atoms with Gasteiger partial charge in [-0.05, 0) is 12.8 Å². The molecule has 0 amide bonds. The average Bonchev–Trinajstić information content (AvgIpc) is 2.15. The molecule has 1 aliphatic rings. The molecule has 0 unspecified atom stereocenters.